The highest BCUT2D eigenvalue weighted by atomic mass is 16.2. The summed E-state index contributed by atoms with van der Waals surface area (Å²) >= 11 is 0. The predicted octanol–water partition coefficient (Wildman–Crippen LogP) is 4.44. The topological polar surface area (TPSA) is 86.8 Å². The Morgan fingerprint density at radius 1 is 1.19 bits per heavy atom. The molecule has 1 aliphatic carbocycles. The minimum Gasteiger partial charge on any atom is -0.367 e. The van der Waals surface area contributed by atoms with Crippen molar-refractivity contribution in [1.29, 1.82) is 5.26 Å². The van der Waals surface area contributed by atoms with Crippen LogP contribution in [0.3, 0.4) is 0 Å². The molecule has 164 valence electrons. The second-order valence-electron chi connectivity index (χ2n) is 8.48. The van der Waals surface area contributed by atoms with Gasteiger partial charge in [0.25, 0.3) is 0 Å². The molecule has 1 amide bonds. The smallest absolute Gasteiger partial charge is 0.224 e. The minimum atomic E-state index is 0.0729. The van der Waals surface area contributed by atoms with E-state index in [1.54, 1.807) is 23.9 Å². The normalized spacial score (nSPS) is 18.1. The number of aryl methyl sites for hydroxylation is 2. The van der Waals surface area contributed by atoms with Gasteiger partial charge in [0.2, 0.25) is 5.91 Å². The zero-order chi connectivity index (χ0) is 22.7. The molecule has 0 spiro atoms. The number of nitriles is 1. The molecule has 0 saturated heterocycles. The number of aromatic nitrogens is 3. The molecule has 0 unspecified atom stereocenters. The van der Waals surface area contributed by atoms with Crippen LogP contribution in [0.5, 0.6) is 0 Å². The molecule has 2 heterocycles. The number of anilines is 2. The lowest BCUT2D eigenvalue weighted by Crippen LogP contribution is -2.43. The lowest BCUT2D eigenvalue weighted by atomic mass is 9.89. The molecule has 3 aromatic rings. The van der Waals surface area contributed by atoms with Gasteiger partial charge in [0.1, 0.15) is 11.9 Å². The van der Waals surface area contributed by atoms with Crippen molar-refractivity contribution >= 4 is 17.4 Å². The molecule has 1 saturated carbocycles. The number of carbonyl (C=O) groups is 1. The van der Waals surface area contributed by atoms with Crippen LogP contribution in [0, 0.1) is 18.3 Å². The summed E-state index contributed by atoms with van der Waals surface area (Å²) in [7, 11) is 1.91. The first-order chi connectivity index (χ1) is 15.4. The Kier molecular flexibility index (Phi) is 6.22. The molecule has 1 N–H and O–H groups in total. The van der Waals surface area contributed by atoms with E-state index in [0.717, 1.165) is 53.9 Å². The van der Waals surface area contributed by atoms with Gasteiger partial charge in [-0.3, -0.25) is 9.48 Å². The number of nitrogens with zero attached hydrogens (tertiary/aromatic N) is 5. The number of pyridine rings is 1. The maximum Gasteiger partial charge on any atom is 0.224 e. The highest BCUT2D eigenvalue weighted by Crippen LogP contribution is 2.32. The van der Waals surface area contributed by atoms with Crippen molar-refractivity contribution in [2.45, 2.75) is 51.6 Å². The number of benzene rings is 1. The summed E-state index contributed by atoms with van der Waals surface area (Å²) in [4.78, 5) is 18.9. The van der Waals surface area contributed by atoms with E-state index in [1.807, 2.05) is 36.5 Å². The van der Waals surface area contributed by atoms with Gasteiger partial charge in [-0.15, -0.1) is 0 Å². The van der Waals surface area contributed by atoms with E-state index in [0.29, 0.717) is 11.6 Å². The lowest BCUT2D eigenvalue weighted by Gasteiger charge is -2.37. The lowest BCUT2D eigenvalue weighted by molar-refractivity contribution is -0.117. The van der Waals surface area contributed by atoms with E-state index >= 15 is 0 Å². The van der Waals surface area contributed by atoms with Gasteiger partial charge < -0.3 is 10.2 Å². The van der Waals surface area contributed by atoms with Crippen molar-refractivity contribution in [3.8, 4) is 17.2 Å². The van der Waals surface area contributed by atoms with Crippen LogP contribution in [0.2, 0.25) is 0 Å². The van der Waals surface area contributed by atoms with Gasteiger partial charge in [-0.1, -0.05) is 6.07 Å². The van der Waals surface area contributed by atoms with Crippen molar-refractivity contribution in [2.75, 3.05) is 10.2 Å². The second kappa shape index (κ2) is 9.23. The first kappa shape index (κ1) is 21.6. The van der Waals surface area contributed by atoms with Gasteiger partial charge in [-0.05, 0) is 68.0 Å². The quantitative estimate of drug-likeness (QED) is 0.649. The second-order valence-corrected chi connectivity index (χ2v) is 8.48. The Balaban J connectivity index is 1.44. The third-order valence-electron chi connectivity index (χ3n) is 6.15. The van der Waals surface area contributed by atoms with Crippen LogP contribution in [0.25, 0.3) is 11.1 Å². The van der Waals surface area contributed by atoms with Crippen LogP contribution in [0.15, 0.2) is 48.9 Å². The van der Waals surface area contributed by atoms with Gasteiger partial charge in [0.15, 0.2) is 0 Å². The molecule has 1 aliphatic rings. The van der Waals surface area contributed by atoms with E-state index in [2.05, 4.69) is 40.5 Å². The summed E-state index contributed by atoms with van der Waals surface area (Å²) in [5.74, 6) is 0.862. The van der Waals surface area contributed by atoms with Crippen LogP contribution < -0.4 is 10.2 Å². The van der Waals surface area contributed by atoms with Crippen LogP contribution in [-0.4, -0.2) is 32.8 Å². The van der Waals surface area contributed by atoms with Crippen LogP contribution >= 0.6 is 0 Å². The molecular formula is C25H28N6O. The van der Waals surface area contributed by atoms with E-state index in [4.69, 9.17) is 5.26 Å². The molecule has 1 fully saturated rings. The Morgan fingerprint density at radius 2 is 1.97 bits per heavy atom. The first-order valence-corrected chi connectivity index (χ1v) is 11.0. The number of rotatable bonds is 5. The van der Waals surface area contributed by atoms with E-state index in [9.17, 15) is 4.79 Å². The fourth-order valence-electron chi connectivity index (χ4n) is 4.56. The molecule has 2 aromatic heterocycles. The van der Waals surface area contributed by atoms with Crippen LogP contribution in [0.4, 0.5) is 11.5 Å². The van der Waals surface area contributed by atoms with Crippen molar-refractivity contribution < 1.29 is 4.79 Å². The van der Waals surface area contributed by atoms with Crippen molar-refractivity contribution in [2.24, 2.45) is 7.05 Å². The molecule has 0 bridgehead atoms. The summed E-state index contributed by atoms with van der Waals surface area (Å²) < 4.78 is 1.80. The Labute approximate surface area is 188 Å². The van der Waals surface area contributed by atoms with E-state index in [-0.39, 0.29) is 11.9 Å². The fourth-order valence-corrected chi connectivity index (χ4v) is 4.56. The van der Waals surface area contributed by atoms with Gasteiger partial charge in [0.05, 0.1) is 11.8 Å². The summed E-state index contributed by atoms with van der Waals surface area (Å²) in [6.07, 6.45) is 9.23. The van der Waals surface area contributed by atoms with Gasteiger partial charge in [-0.25, -0.2) is 4.98 Å². The molecular weight excluding hydrogens is 400 g/mol. The summed E-state index contributed by atoms with van der Waals surface area (Å²) in [6.45, 7) is 3.73. The maximum absolute atomic E-state index is 12.6. The number of hydrogen-bond donors (Lipinski definition) is 1. The monoisotopic (exact) mass is 428 g/mol. The number of nitrogens with one attached hydrogen (secondary N) is 1. The highest BCUT2D eigenvalue weighted by molar-refractivity contribution is 5.92. The molecule has 0 aliphatic heterocycles. The molecule has 4 rings (SSSR count). The van der Waals surface area contributed by atoms with Crippen LogP contribution in [0.1, 0.15) is 43.7 Å². The third-order valence-corrected chi connectivity index (χ3v) is 6.15. The van der Waals surface area contributed by atoms with Crippen molar-refractivity contribution in [3.05, 3.63) is 60.0 Å². The van der Waals surface area contributed by atoms with Gasteiger partial charge in [-0.2, -0.15) is 10.4 Å². The predicted molar refractivity (Wildman–Crippen MR) is 125 cm³/mol. The number of carbonyl (C=O) groups excluding carboxylic acids is 1. The third kappa shape index (κ3) is 4.65. The number of amides is 1. The Bertz CT molecular complexity index is 1140. The average molecular weight is 429 g/mol. The molecule has 1 aromatic carbocycles. The summed E-state index contributed by atoms with van der Waals surface area (Å²) in [5.41, 5.74) is 4.85. The maximum atomic E-state index is 12.6. The minimum absolute atomic E-state index is 0.0729. The summed E-state index contributed by atoms with van der Waals surface area (Å²) in [6, 6.07) is 12.4. The van der Waals surface area contributed by atoms with Crippen molar-refractivity contribution in [3.63, 3.8) is 0 Å². The average Bonchev–Trinajstić information content (AvgIpc) is 3.21. The molecule has 7 nitrogen and oxygen atoms in total. The van der Waals surface area contributed by atoms with Crippen LogP contribution in [-0.2, 0) is 11.8 Å². The van der Waals surface area contributed by atoms with E-state index in [1.165, 1.54) is 0 Å². The first-order valence-electron chi connectivity index (χ1n) is 11.0. The number of hydrogen-bond acceptors (Lipinski definition) is 5. The zero-order valence-corrected chi connectivity index (χ0v) is 18.7. The summed E-state index contributed by atoms with van der Waals surface area (Å²) in [5, 5.41) is 16.6. The van der Waals surface area contributed by atoms with E-state index < -0.39 is 0 Å². The Morgan fingerprint density at radius 3 is 2.53 bits per heavy atom. The largest absolute Gasteiger partial charge is 0.367 e. The standard InChI is InChI=1S/C25H28N6O/c1-17-12-23(9-10-24(17)20-15-28-30(3)16-20)31(18(2)32)22-7-5-21(6-8-22)29-25-11-4-19(13-26)14-27-25/h4,9-12,14-16,21-22H,5-8H2,1-3H3,(H,27,29). The molecule has 0 radical (unpaired) electrons. The van der Waals surface area contributed by atoms with Gasteiger partial charge in [0, 0.05) is 49.7 Å². The van der Waals surface area contributed by atoms with Gasteiger partial charge >= 0.3 is 0 Å². The molecule has 0 atom stereocenters. The molecule has 32 heavy (non-hydrogen) atoms. The fraction of sp³-hybridized carbons (Fsp3) is 0.360. The molecule has 7 heteroatoms. The highest BCUT2D eigenvalue weighted by Gasteiger charge is 2.29. The Hall–Kier alpha value is -3.66. The SMILES string of the molecule is CC(=O)N(c1ccc(-c2cnn(C)c2)c(C)c1)C1CCC(Nc2ccc(C#N)cn2)CC1. The van der Waals surface area contributed by atoms with Crippen molar-refractivity contribution in [1.82, 2.24) is 14.8 Å². The zero-order valence-electron chi connectivity index (χ0n) is 18.7.